The molecular weight excluding hydrogens is 429 g/mol. The van der Waals surface area contributed by atoms with Crippen molar-refractivity contribution in [1.29, 1.82) is 0 Å². The molecule has 0 saturated heterocycles. The van der Waals surface area contributed by atoms with Crippen LogP contribution >= 0.6 is 0 Å². The molecule has 0 aliphatic heterocycles. The van der Waals surface area contributed by atoms with Gasteiger partial charge in [0.05, 0.1) is 0 Å². The van der Waals surface area contributed by atoms with E-state index >= 15 is 0 Å². The van der Waals surface area contributed by atoms with Crippen LogP contribution in [0.1, 0.15) is 44.9 Å². The fourth-order valence-corrected chi connectivity index (χ4v) is 3.38. The molecule has 1 saturated carbocycles. The lowest BCUT2D eigenvalue weighted by atomic mass is 9.76. The van der Waals surface area contributed by atoms with Crippen molar-refractivity contribution in [3.05, 3.63) is 24.1 Å². The predicted octanol–water partition coefficient (Wildman–Crippen LogP) is 7.09. The number of rotatable bonds is 7. The monoisotopic (exact) mass is 448 g/mol. The topological polar surface area (TPSA) is 20.2 Å². The fourth-order valence-electron chi connectivity index (χ4n) is 3.38. The van der Waals surface area contributed by atoms with Crippen LogP contribution in [0.15, 0.2) is 24.1 Å². The summed E-state index contributed by atoms with van der Waals surface area (Å²) in [4.78, 5) is 0. The second-order valence-corrected chi connectivity index (χ2v) is 7.15. The SMILES string of the molecule is C=C(CC(CC(O)(C(F)(F)F)C(F)(F)F)C(F)(F)C(F)=C(F)F)C1CCCCC1. The molecular formula is C17H19F11O. The van der Waals surface area contributed by atoms with Gasteiger partial charge in [0, 0.05) is 12.3 Å². The molecule has 0 heterocycles. The first-order chi connectivity index (χ1) is 12.9. The maximum atomic E-state index is 14.2. The quantitative estimate of drug-likeness (QED) is 0.326. The Morgan fingerprint density at radius 3 is 1.69 bits per heavy atom. The van der Waals surface area contributed by atoms with Crippen LogP contribution in [0.3, 0.4) is 0 Å². The Balaban J connectivity index is 3.36. The molecule has 0 radical (unpaired) electrons. The van der Waals surface area contributed by atoms with Crippen LogP contribution in [0, 0.1) is 11.8 Å². The minimum absolute atomic E-state index is 0.201. The third kappa shape index (κ3) is 5.64. The highest BCUT2D eigenvalue weighted by atomic mass is 19.4. The van der Waals surface area contributed by atoms with Gasteiger partial charge in [0.1, 0.15) is 0 Å². The molecule has 0 aromatic heterocycles. The van der Waals surface area contributed by atoms with Gasteiger partial charge in [-0.1, -0.05) is 31.4 Å². The Morgan fingerprint density at radius 2 is 1.31 bits per heavy atom. The zero-order chi connectivity index (χ0) is 22.8. The number of hydrogen-bond donors (Lipinski definition) is 1. The largest absolute Gasteiger partial charge is 0.426 e. The molecule has 170 valence electrons. The van der Waals surface area contributed by atoms with Crippen molar-refractivity contribution in [3.63, 3.8) is 0 Å². The van der Waals surface area contributed by atoms with Crippen molar-refractivity contribution in [2.24, 2.45) is 11.8 Å². The van der Waals surface area contributed by atoms with Crippen LogP contribution in [0.2, 0.25) is 0 Å². The van der Waals surface area contributed by atoms with E-state index in [2.05, 4.69) is 6.58 Å². The molecule has 1 aliphatic carbocycles. The van der Waals surface area contributed by atoms with Gasteiger partial charge in [-0.05, 0) is 25.2 Å². The van der Waals surface area contributed by atoms with Crippen LogP contribution < -0.4 is 0 Å². The second kappa shape index (κ2) is 8.81. The summed E-state index contributed by atoms with van der Waals surface area (Å²) < 4.78 is 144. The summed E-state index contributed by atoms with van der Waals surface area (Å²) in [5.41, 5.74) is -5.85. The molecule has 0 spiro atoms. The number of aliphatic hydroxyl groups is 1. The highest BCUT2D eigenvalue weighted by Gasteiger charge is 2.72. The minimum Gasteiger partial charge on any atom is -0.374 e. The average molecular weight is 448 g/mol. The number of alkyl halides is 8. The zero-order valence-corrected chi connectivity index (χ0v) is 14.9. The minimum atomic E-state index is -6.46. The van der Waals surface area contributed by atoms with E-state index in [-0.39, 0.29) is 5.57 Å². The maximum absolute atomic E-state index is 14.2. The van der Waals surface area contributed by atoms with Crippen molar-refractivity contribution in [3.8, 4) is 0 Å². The van der Waals surface area contributed by atoms with Crippen molar-refractivity contribution in [1.82, 2.24) is 0 Å². The van der Waals surface area contributed by atoms with E-state index in [1.165, 1.54) is 0 Å². The van der Waals surface area contributed by atoms with Gasteiger partial charge < -0.3 is 5.11 Å². The van der Waals surface area contributed by atoms with Crippen molar-refractivity contribution in [2.75, 3.05) is 0 Å². The standard InChI is InChI=1S/C17H19F11O/c1-9(10-5-3-2-4-6-10)7-11(15(21,22)12(18)13(19)20)8-14(29,16(23,24)25)17(26,27)28/h10-11,29H,1-8H2. The van der Waals surface area contributed by atoms with Crippen LogP contribution in [0.4, 0.5) is 48.3 Å². The molecule has 1 unspecified atom stereocenters. The van der Waals surface area contributed by atoms with Gasteiger partial charge in [0.15, 0.2) is 0 Å². The lowest BCUT2D eigenvalue weighted by molar-refractivity contribution is -0.375. The Kier molecular flexibility index (Phi) is 7.81. The molecule has 0 aromatic carbocycles. The first kappa shape index (κ1) is 25.7. The van der Waals surface area contributed by atoms with Crippen LogP contribution in [0.25, 0.3) is 0 Å². The number of halogens is 11. The summed E-state index contributed by atoms with van der Waals surface area (Å²) in [6.45, 7) is 3.39. The molecule has 1 aliphatic rings. The van der Waals surface area contributed by atoms with E-state index in [0.717, 1.165) is 6.42 Å². The van der Waals surface area contributed by atoms with Crippen LogP contribution in [-0.2, 0) is 0 Å². The summed E-state index contributed by atoms with van der Waals surface area (Å²) in [5.74, 6) is -12.6. The van der Waals surface area contributed by atoms with Gasteiger partial charge >= 0.3 is 24.4 Å². The molecule has 0 aromatic rings. The number of allylic oxidation sites excluding steroid dienone is 2. The van der Waals surface area contributed by atoms with Crippen molar-refractivity contribution in [2.45, 2.75) is 68.8 Å². The van der Waals surface area contributed by atoms with Crippen molar-refractivity contribution < 1.29 is 53.4 Å². The molecule has 1 N–H and O–H groups in total. The lowest BCUT2D eigenvalue weighted by Gasteiger charge is -2.38. The van der Waals surface area contributed by atoms with E-state index in [1.54, 1.807) is 0 Å². The van der Waals surface area contributed by atoms with E-state index in [0.29, 0.717) is 25.7 Å². The van der Waals surface area contributed by atoms with Gasteiger partial charge in [-0.3, -0.25) is 0 Å². The first-order valence-corrected chi connectivity index (χ1v) is 8.57. The first-order valence-electron chi connectivity index (χ1n) is 8.57. The van der Waals surface area contributed by atoms with Crippen molar-refractivity contribution >= 4 is 0 Å². The molecule has 29 heavy (non-hydrogen) atoms. The van der Waals surface area contributed by atoms with Gasteiger partial charge in [0.2, 0.25) is 5.83 Å². The average Bonchev–Trinajstić information content (AvgIpc) is 2.58. The third-order valence-corrected chi connectivity index (χ3v) is 5.14. The summed E-state index contributed by atoms with van der Waals surface area (Å²) in [6.07, 6.45) is -17.8. The highest BCUT2D eigenvalue weighted by molar-refractivity contribution is 5.14. The number of hydrogen-bond acceptors (Lipinski definition) is 1. The fraction of sp³-hybridized carbons (Fsp3) is 0.765. The molecule has 1 fully saturated rings. The molecule has 1 rings (SSSR count). The molecule has 1 nitrogen and oxygen atoms in total. The van der Waals surface area contributed by atoms with E-state index in [1.807, 2.05) is 0 Å². The van der Waals surface area contributed by atoms with Crippen LogP contribution in [-0.4, -0.2) is 29.0 Å². The molecule has 0 amide bonds. The Bertz CT molecular complexity index is 594. The van der Waals surface area contributed by atoms with Gasteiger partial charge in [-0.2, -0.15) is 48.3 Å². The molecule has 1 atom stereocenters. The Hall–Kier alpha value is -1.33. The lowest BCUT2D eigenvalue weighted by Crippen LogP contribution is -2.59. The predicted molar refractivity (Wildman–Crippen MR) is 80.8 cm³/mol. The molecule has 12 heteroatoms. The summed E-state index contributed by atoms with van der Waals surface area (Å²) >= 11 is 0. The Labute approximate surface area is 159 Å². The smallest absolute Gasteiger partial charge is 0.374 e. The second-order valence-electron chi connectivity index (χ2n) is 7.15. The van der Waals surface area contributed by atoms with Crippen LogP contribution in [0.5, 0.6) is 0 Å². The summed E-state index contributed by atoms with van der Waals surface area (Å²) in [7, 11) is 0. The Morgan fingerprint density at radius 1 is 0.862 bits per heavy atom. The summed E-state index contributed by atoms with van der Waals surface area (Å²) in [5, 5.41) is 9.22. The van der Waals surface area contributed by atoms with Gasteiger partial charge in [0.25, 0.3) is 5.60 Å². The van der Waals surface area contributed by atoms with Gasteiger partial charge in [-0.25, -0.2) is 0 Å². The molecule has 0 bridgehead atoms. The normalized spacial score (nSPS) is 18.5. The third-order valence-electron chi connectivity index (χ3n) is 5.14. The van der Waals surface area contributed by atoms with Gasteiger partial charge in [-0.15, -0.1) is 0 Å². The van der Waals surface area contributed by atoms with E-state index < -0.39 is 60.5 Å². The van der Waals surface area contributed by atoms with E-state index in [4.69, 9.17) is 0 Å². The summed E-state index contributed by atoms with van der Waals surface area (Å²) in [6, 6.07) is 0. The zero-order valence-electron chi connectivity index (χ0n) is 14.9. The van der Waals surface area contributed by atoms with E-state index in [9.17, 15) is 53.4 Å². The maximum Gasteiger partial charge on any atom is 0.426 e. The highest BCUT2D eigenvalue weighted by Crippen LogP contribution is 2.52.